The molecule has 0 aliphatic carbocycles. The lowest BCUT2D eigenvalue weighted by molar-refractivity contribution is 0.0747. The van der Waals surface area contributed by atoms with E-state index in [9.17, 15) is 4.79 Å². The van der Waals surface area contributed by atoms with Crippen molar-refractivity contribution in [2.75, 3.05) is 24.6 Å². The molecule has 0 saturated carbocycles. The van der Waals surface area contributed by atoms with Crippen molar-refractivity contribution in [3.05, 3.63) is 29.3 Å². The van der Waals surface area contributed by atoms with Crippen LogP contribution in [0.4, 0.5) is 5.69 Å². The monoisotopic (exact) mass is 264 g/mol. The molecule has 4 heteroatoms. The zero-order valence-electron chi connectivity index (χ0n) is 11.2. The van der Waals surface area contributed by atoms with Gasteiger partial charge in [0.2, 0.25) is 0 Å². The van der Waals surface area contributed by atoms with Gasteiger partial charge < -0.3 is 10.6 Å². The summed E-state index contributed by atoms with van der Waals surface area (Å²) in [5.74, 6) is 1.10. The van der Waals surface area contributed by atoms with Gasteiger partial charge in [-0.15, -0.1) is 0 Å². The number of rotatable bonds is 1. The van der Waals surface area contributed by atoms with Crippen molar-refractivity contribution < 1.29 is 4.79 Å². The molecule has 1 heterocycles. The molecule has 98 valence electrons. The molecule has 18 heavy (non-hydrogen) atoms. The molecule has 2 N–H and O–H groups in total. The first-order valence-corrected chi connectivity index (χ1v) is 7.17. The Kier molecular flexibility index (Phi) is 3.57. The summed E-state index contributed by atoms with van der Waals surface area (Å²) < 4.78 is 0.141. The molecule has 0 spiro atoms. The maximum absolute atomic E-state index is 12.5. The topological polar surface area (TPSA) is 46.3 Å². The predicted molar refractivity (Wildman–Crippen MR) is 78.0 cm³/mol. The van der Waals surface area contributed by atoms with Crippen LogP contribution in [0.5, 0.6) is 0 Å². The molecule has 1 aliphatic rings. The molecule has 0 aromatic heterocycles. The molecule has 3 nitrogen and oxygen atoms in total. The second-order valence-electron chi connectivity index (χ2n) is 5.41. The van der Waals surface area contributed by atoms with Crippen molar-refractivity contribution in [1.82, 2.24) is 4.90 Å². The summed E-state index contributed by atoms with van der Waals surface area (Å²) in [6.45, 7) is 7.94. The van der Waals surface area contributed by atoms with E-state index in [1.807, 2.05) is 35.7 Å². The van der Waals surface area contributed by atoms with Gasteiger partial charge in [0.05, 0.1) is 0 Å². The minimum absolute atomic E-state index is 0.105. The van der Waals surface area contributed by atoms with E-state index in [0.717, 1.165) is 30.0 Å². The fraction of sp³-hybridized carbons (Fsp3) is 0.500. The van der Waals surface area contributed by atoms with Gasteiger partial charge in [-0.1, -0.05) is 6.07 Å². The Labute approximate surface area is 113 Å². The Bertz CT molecular complexity index is 471. The molecule has 1 aliphatic heterocycles. The molecule has 2 rings (SSSR count). The number of benzene rings is 1. The lowest BCUT2D eigenvalue weighted by Crippen LogP contribution is -2.46. The van der Waals surface area contributed by atoms with Crippen molar-refractivity contribution in [1.29, 1.82) is 0 Å². The van der Waals surface area contributed by atoms with Crippen LogP contribution in [0.2, 0.25) is 0 Å². The molecule has 0 unspecified atom stereocenters. The zero-order chi connectivity index (χ0) is 13.3. The van der Waals surface area contributed by atoms with Crippen LogP contribution in [-0.2, 0) is 0 Å². The highest BCUT2D eigenvalue weighted by molar-refractivity contribution is 8.00. The number of amides is 1. The largest absolute Gasteiger partial charge is 0.399 e. The van der Waals surface area contributed by atoms with Gasteiger partial charge in [-0.25, -0.2) is 0 Å². The van der Waals surface area contributed by atoms with E-state index in [-0.39, 0.29) is 10.7 Å². The highest BCUT2D eigenvalue weighted by Crippen LogP contribution is 2.30. The fourth-order valence-corrected chi connectivity index (χ4v) is 3.34. The summed E-state index contributed by atoms with van der Waals surface area (Å²) in [5.41, 5.74) is 8.15. The van der Waals surface area contributed by atoms with Crippen molar-refractivity contribution in [3.8, 4) is 0 Å². The summed E-state index contributed by atoms with van der Waals surface area (Å²) in [7, 11) is 0. The van der Waals surface area contributed by atoms with E-state index in [2.05, 4.69) is 13.8 Å². The second-order valence-corrected chi connectivity index (χ2v) is 7.21. The first-order chi connectivity index (χ1) is 8.39. The number of nitrogens with zero attached hydrogens (tertiary/aromatic N) is 1. The summed E-state index contributed by atoms with van der Waals surface area (Å²) in [4.78, 5) is 14.5. The first kappa shape index (κ1) is 13.3. The number of aryl methyl sites for hydroxylation is 1. The van der Waals surface area contributed by atoms with Crippen molar-refractivity contribution in [2.24, 2.45) is 0 Å². The molecular formula is C14H20N2OS. The second kappa shape index (κ2) is 4.84. The highest BCUT2D eigenvalue weighted by Gasteiger charge is 2.30. The minimum atomic E-state index is 0.105. The lowest BCUT2D eigenvalue weighted by Gasteiger charge is -2.37. The van der Waals surface area contributed by atoms with Crippen LogP contribution in [0.15, 0.2) is 18.2 Å². The third-order valence-corrected chi connectivity index (χ3v) is 4.50. The molecule has 1 amide bonds. The Balaban J connectivity index is 2.23. The number of nitrogens with two attached hydrogens (primary N) is 1. The van der Waals surface area contributed by atoms with Crippen LogP contribution in [-0.4, -0.2) is 34.4 Å². The van der Waals surface area contributed by atoms with E-state index < -0.39 is 0 Å². The van der Waals surface area contributed by atoms with Crippen LogP contribution in [0.1, 0.15) is 29.8 Å². The van der Waals surface area contributed by atoms with Gasteiger partial charge in [0, 0.05) is 34.8 Å². The third kappa shape index (κ3) is 2.80. The molecule has 1 fully saturated rings. The minimum Gasteiger partial charge on any atom is -0.399 e. The van der Waals surface area contributed by atoms with Crippen molar-refractivity contribution in [3.63, 3.8) is 0 Å². The Morgan fingerprint density at radius 3 is 2.83 bits per heavy atom. The van der Waals surface area contributed by atoms with E-state index in [4.69, 9.17) is 5.73 Å². The number of carbonyl (C=O) groups is 1. The normalized spacial score (nSPS) is 18.7. The average Bonchev–Trinajstić information content (AvgIpc) is 2.30. The molecule has 1 aromatic carbocycles. The fourth-order valence-electron chi connectivity index (χ4n) is 2.23. The first-order valence-electron chi connectivity index (χ1n) is 6.18. The van der Waals surface area contributed by atoms with Gasteiger partial charge in [0.15, 0.2) is 0 Å². The molecule has 1 saturated heterocycles. The van der Waals surface area contributed by atoms with Crippen LogP contribution in [0.25, 0.3) is 0 Å². The van der Waals surface area contributed by atoms with Crippen LogP contribution in [0.3, 0.4) is 0 Å². The Morgan fingerprint density at radius 2 is 2.17 bits per heavy atom. The van der Waals surface area contributed by atoms with E-state index >= 15 is 0 Å². The quantitative estimate of drug-likeness (QED) is 0.793. The predicted octanol–water partition coefficient (Wildman–Crippen LogP) is 2.54. The van der Waals surface area contributed by atoms with Gasteiger partial charge >= 0.3 is 0 Å². The molecule has 1 aromatic rings. The van der Waals surface area contributed by atoms with Gasteiger partial charge in [-0.2, -0.15) is 11.8 Å². The molecular weight excluding hydrogens is 244 g/mol. The molecule has 0 bridgehead atoms. The van der Waals surface area contributed by atoms with Crippen LogP contribution < -0.4 is 5.73 Å². The van der Waals surface area contributed by atoms with E-state index in [0.29, 0.717) is 5.69 Å². The summed E-state index contributed by atoms with van der Waals surface area (Å²) in [6, 6.07) is 5.53. The number of hydrogen-bond acceptors (Lipinski definition) is 3. The third-order valence-electron chi connectivity index (χ3n) is 3.20. The van der Waals surface area contributed by atoms with Crippen molar-refractivity contribution >= 4 is 23.4 Å². The number of thioether (sulfide) groups is 1. The summed E-state index contributed by atoms with van der Waals surface area (Å²) in [5, 5.41) is 0. The lowest BCUT2D eigenvalue weighted by atomic mass is 10.1. The number of hydrogen-bond donors (Lipinski definition) is 1. The number of carbonyl (C=O) groups excluding carboxylic acids is 1. The summed E-state index contributed by atoms with van der Waals surface area (Å²) >= 11 is 1.93. The SMILES string of the molecule is Cc1ccc(N)cc1C(=O)N1CCSC(C)(C)C1. The maximum atomic E-state index is 12.5. The maximum Gasteiger partial charge on any atom is 0.254 e. The number of nitrogen functional groups attached to an aromatic ring is 1. The van der Waals surface area contributed by atoms with Gasteiger partial charge in [-0.3, -0.25) is 4.79 Å². The van der Waals surface area contributed by atoms with Gasteiger partial charge in [-0.05, 0) is 38.5 Å². The number of anilines is 1. The van der Waals surface area contributed by atoms with Crippen LogP contribution in [0, 0.1) is 6.92 Å². The Hall–Kier alpha value is -1.16. The average molecular weight is 264 g/mol. The highest BCUT2D eigenvalue weighted by atomic mass is 32.2. The zero-order valence-corrected chi connectivity index (χ0v) is 12.0. The van der Waals surface area contributed by atoms with E-state index in [1.54, 1.807) is 6.07 Å². The molecule has 0 atom stereocenters. The molecule has 0 radical (unpaired) electrons. The summed E-state index contributed by atoms with van der Waals surface area (Å²) in [6.07, 6.45) is 0. The Morgan fingerprint density at radius 1 is 1.44 bits per heavy atom. The van der Waals surface area contributed by atoms with Crippen LogP contribution >= 0.6 is 11.8 Å². The van der Waals surface area contributed by atoms with E-state index in [1.165, 1.54) is 0 Å². The van der Waals surface area contributed by atoms with Gasteiger partial charge in [0.1, 0.15) is 0 Å². The smallest absolute Gasteiger partial charge is 0.254 e. The van der Waals surface area contributed by atoms with Crippen molar-refractivity contribution in [2.45, 2.75) is 25.5 Å². The van der Waals surface area contributed by atoms with Gasteiger partial charge in [0.25, 0.3) is 5.91 Å². The standard InChI is InChI=1S/C14H20N2OS/c1-10-4-5-11(15)8-12(10)13(17)16-6-7-18-14(2,3)9-16/h4-5,8H,6-7,9,15H2,1-3H3.